The maximum Gasteiger partial charge on any atom is 0.145 e. The molecule has 2 N–H and O–H groups in total. The van der Waals surface area contributed by atoms with Crippen molar-refractivity contribution in [1.29, 1.82) is 0 Å². The molecule has 6 nitrogen and oxygen atoms in total. The molecule has 2 aromatic heterocycles. The monoisotopic (exact) mass is 373 g/mol. The molecule has 1 aliphatic rings. The summed E-state index contributed by atoms with van der Waals surface area (Å²) in [5.74, 6) is 1.61. The van der Waals surface area contributed by atoms with Crippen molar-refractivity contribution in [2.24, 2.45) is 0 Å². The van der Waals surface area contributed by atoms with Gasteiger partial charge in [0, 0.05) is 35.9 Å². The van der Waals surface area contributed by atoms with Gasteiger partial charge in [-0.2, -0.15) is 0 Å². The Morgan fingerprint density at radius 3 is 2.89 bits per heavy atom. The predicted molar refractivity (Wildman–Crippen MR) is 112 cm³/mol. The number of nitrogens with zero attached hydrogens (tertiary/aromatic N) is 3. The number of fused-ring (bicyclic) bond motifs is 2. The van der Waals surface area contributed by atoms with Gasteiger partial charge < -0.3 is 19.9 Å². The van der Waals surface area contributed by atoms with Crippen LogP contribution in [-0.4, -0.2) is 46.1 Å². The molecule has 1 aliphatic heterocycles. The zero-order valence-electron chi connectivity index (χ0n) is 15.9. The Balaban J connectivity index is 1.49. The minimum absolute atomic E-state index is 0.228. The van der Waals surface area contributed by atoms with E-state index < -0.39 is 0 Å². The maximum absolute atomic E-state index is 6.40. The molecule has 28 heavy (non-hydrogen) atoms. The summed E-state index contributed by atoms with van der Waals surface area (Å²) in [6.45, 7) is 2.13. The minimum atomic E-state index is 0.228. The molecule has 0 saturated carbocycles. The van der Waals surface area contributed by atoms with Gasteiger partial charge in [-0.25, -0.2) is 9.97 Å². The van der Waals surface area contributed by atoms with E-state index in [4.69, 9.17) is 4.74 Å². The van der Waals surface area contributed by atoms with Gasteiger partial charge in [0.1, 0.15) is 24.0 Å². The van der Waals surface area contributed by atoms with Crippen molar-refractivity contribution in [3.8, 4) is 5.75 Å². The highest BCUT2D eigenvalue weighted by atomic mass is 16.5. The van der Waals surface area contributed by atoms with Crippen molar-refractivity contribution in [1.82, 2.24) is 19.9 Å². The first-order valence-electron chi connectivity index (χ1n) is 9.69. The number of rotatable bonds is 4. The normalized spacial score (nSPS) is 15.9. The van der Waals surface area contributed by atoms with Crippen LogP contribution in [0.25, 0.3) is 21.8 Å². The minimum Gasteiger partial charge on any atom is -0.489 e. The third kappa shape index (κ3) is 3.27. The van der Waals surface area contributed by atoms with Crippen LogP contribution in [0.2, 0.25) is 0 Å². The van der Waals surface area contributed by atoms with Crippen molar-refractivity contribution < 1.29 is 4.74 Å². The second kappa shape index (κ2) is 7.13. The summed E-state index contributed by atoms with van der Waals surface area (Å²) in [5, 5.41) is 5.55. The van der Waals surface area contributed by atoms with Crippen molar-refractivity contribution in [3.63, 3.8) is 0 Å². The van der Waals surface area contributed by atoms with E-state index in [-0.39, 0.29) is 6.10 Å². The van der Waals surface area contributed by atoms with Crippen LogP contribution < -0.4 is 10.1 Å². The Hall–Kier alpha value is -3.12. The van der Waals surface area contributed by atoms with Gasteiger partial charge in [0.25, 0.3) is 0 Å². The molecular formula is C22H23N5O. The van der Waals surface area contributed by atoms with E-state index in [1.807, 2.05) is 30.5 Å². The largest absolute Gasteiger partial charge is 0.489 e. The lowest BCUT2D eigenvalue weighted by atomic mass is 10.1. The number of piperidine rings is 1. The van der Waals surface area contributed by atoms with Gasteiger partial charge in [-0.3, -0.25) is 0 Å². The topological polar surface area (TPSA) is 66.1 Å². The number of likely N-dealkylation sites (tertiary alicyclic amines) is 1. The second-order valence-corrected chi connectivity index (χ2v) is 7.40. The van der Waals surface area contributed by atoms with Crippen LogP contribution in [0.5, 0.6) is 5.75 Å². The van der Waals surface area contributed by atoms with Crippen LogP contribution in [0.1, 0.15) is 12.8 Å². The van der Waals surface area contributed by atoms with Gasteiger partial charge in [-0.05, 0) is 56.3 Å². The van der Waals surface area contributed by atoms with E-state index in [1.54, 1.807) is 6.33 Å². The molecule has 0 spiro atoms. The van der Waals surface area contributed by atoms with E-state index in [1.165, 1.54) is 0 Å². The lowest BCUT2D eigenvalue weighted by molar-refractivity contribution is 0.116. The summed E-state index contributed by atoms with van der Waals surface area (Å²) in [4.78, 5) is 14.5. The van der Waals surface area contributed by atoms with E-state index in [0.717, 1.165) is 65.0 Å². The van der Waals surface area contributed by atoms with Crippen LogP contribution in [0.15, 0.2) is 55.0 Å². The Labute approximate surface area is 163 Å². The average molecular weight is 373 g/mol. The smallest absolute Gasteiger partial charge is 0.145 e. The van der Waals surface area contributed by atoms with E-state index in [9.17, 15) is 0 Å². The standard InChI is InChI=1S/C22H23N5O/c1-27-11-8-17(9-12-27)28-20-4-2-3-19-21(20)22(25-14-24-19)26-16-5-6-18-15(13-16)7-10-23-18/h2-7,10,13-14,17,23H,8-9,11-12H2,1H3,(H,24,25,26). The molecule has 6 heteroatoms. The number of nitrogens with one attached hydrogen (secondary N) is 2. The quantitative estimate of drug-likeness (QED) is 0.557. The number of aromatic amines is 1. The lowest BCUT2D eigenvalue weighted by Gasteiger charge is -2.29. The summed E-state index contributed by atoms with van der Waals surface area (Å²) in [7, 11) is 2.16. The molecule has 0 radical (unpaired) electrons. The molecule has 0 unspecified atom stereocenters. The zero-order chi connectivity index (χ0) is 18.9. The molecule has 0 amide bonds. The van der Waals surface area contributed by atoms with Gasteiger partial charge in [0.2, 0.25) is 0 Å². The SMILES string of the molecule is CN1CCC(Oc2cccc3ncnc(Nc4ccc5[nH]ccc5c4)c23)CC1. The number of benzene rings is 2. The number of hydrogen-bond donors (Lipinski definition) is 2. The summed E-state index contributed by atoms with van der Waals surface area (Å²) < 4.78 is 6.40. The Morgan fingerprint density at radius 2 is 2.00 bits per heavy atom. The molecule has 1 fully saturated rings. The van der Waals surface area contributed by atoms with Gasteiger partial charge in [0.05, 0.1) is 10.9 Å². The van der Waals surface area contributed by atoms with E-state index >= 15 is 0 Å². The van der Waals surface area contributed by atoms with Crippen LogP contribution >= 0.6 is 0 Å². The second-order valence-electron chi connectivity index (χ2n) is 7.40. The molecule has 0 atom stereocenters. The van der Waals surface area contributed by atoms with Crippen LogP contribution in [-0.2, 0) is 0 Å². The third-order valence-corrected chi connectivity index (χ3v) is 5.40. The molecule has 0 bridgehead atoms. The van der Waals surface area contributed by atoms with Crippen LogP contribution in [0.4, 0.5) is 11.5 Å². The molecule has 5 rings (SSSR count). The van der Waals surface area contributed by atoms with Crippen molar-refractivity contribution in [2.75, 3.05) is 25.5 Å². The first-order valence-corrected chi connectivity index (χ1v) is 9.69. The molecule has 3 heterocycles. The molecule has 2 aromatic carbocycles. The van der Waals surface area contributed by atoms with E-state index in [0.29, 0.717) is 0 Å². The Bertz CT molecular complexity index is 1110. The van der Waals surface area contributed by atoms with Crippen molar-refractivity contribution >= 4 is 33.3 Å². The summed E-state index contributed by atoms with van der Waals surface area (Å²) in [6.07, 6.45) is 5.84. The van der Waals surface area contributed by atoms with Crippen LogP contribution in [0.3, 0.4) is 0 Å². The molecule has 4 aromatic rings. The van der Waals surface area contributed by atoms with E-state index in [2.05, 4.69) is 50.4 Å². The number of H-pyrrole nitrogens is 1. The number of ether oxygens (including phenoxy) is 1. The lowest BCUT2D eigenvalue weighted by Crippen LogP contribution is -2.35. The average Bonchev–Trinajstić information content (AvgIpc) is 3.18. The van der Waals surface area contributed by atoms with Crippen molar-refractivity contribution in [3.05, 3.63) is 55.0 Å². The van der Waals surface area contributed by atoms with Gasteiger partial charge >= 0.3 is 0 Å². The summed E-state index contributed by atoms with van der Waals surface area (Å²) >= 11 is 0. The first kappa shape index (κ1) is 17.0. The molecular weight excluding hydrogens is 350 g/mol. The molecule has 142 valence electrons. The summed E-state index contributed by atoms with van der Waals surface area (Å²) in [5.41, 5.74) is 2.98. The van der Waals surface area contributed by atoms with Crippen molar-refractivity contribution in [2.45, 2.75) is 18.9 Å². The Kier molecular flexibility index (Phi) is 4.33. The number of hydrogen-bond acceptors (Lipinski definition) is 5. The van der Waals surface area contributed by atoms with Gasteiger partial charge in [0.15, 0.2) is 0 Å². The Morgan fingerprint density at radius 1 is 1.11 bits per heavy atom. The fraction of sp³-hybridized carbons (Fsp3) is 0.273. The molecule has 1 saturated heterocycles. The highest BCUT2D eigenvalue weighted by Crippen LogP contribution is 2.33. The first-order chi connectivity index (χ1) is 13.8. The predicted octanol–water partition coefficient (Wildman–Crippen LogP) is 4.33. The fourth-order valence-electron chi connectivity index (χ4n) is 3.82. The molecule has 0 aliphatic carbocycles. The van der Waals surface area contributed by atoms with Gasteiger partial charge in [-0.1, -0.05) is 6.07 Å². The summed E-state index contributed by atoms with van der Waals surface area (Å²) in [6, 6.07) is 14.3. The van der Waals surface area contributed by atoms with Gasteiger partial charge in [-0.15, -0.1) is 0 Å². The zero-order valence-corrected chi connectivity index (χ0v) is 15.9. The highest BCUT2D eigenvalue weighted by Gasteiger charge is 2.20. The van der Waals surface area contributed by atoms with Crippen LogP contribution in [0, 0.1) is 0 Å². The maximum atomic E-state index is 6.40. The highest BCUT2D eigenvalue weighted by molar-refractivity contribution is 5.96. The fourth-order valence-corrected chi connectivity index (χ4v) is 3.82. The number of anilines is 2. The third-order valence-electron chi connectivity index (χ3n) is 5.40. The number of aromatic nitrogens is 3.